The van der Waals surface area contributed by atoms with Crippen LogP contribution in [0, 0.1) is 0 Å². The van der Waals surface area contributed by atoms with E-state index in [0.717, 1.165) is 22.4 Å². The van der Waals surface area contributed by atoms with Gasteiger partial charge in [-0.2, -0.15) is 0 Å². The average molecular weight is 442 g/mol. The molecule has 4 aromatic rings. The second kappa shape index (κ2) is 8.47. The van der Waals surface area contributed by atoms with Gasteiger partial charge in [-0.25, -0.2) is 18.1 Å². The van der Waals surface area contributed by atoms with Gasteiger partial charge in [0.1, 0.15) is 11.6 Å². The van der Waals surface area contributed by atoms with E-state index in [1.165, 1.54) is 25.3 Å². The van der Waals surface area contributed by atoms with Crippen LogP contribution in [0.4, 0.5) is 0 Å². The predicted molar refractivity (Wildman–Crippen MR) is 118 cm³/mol. The highest BCUT2D eigenvalue weighted by Crippen LogP contribution is 2.27. The molecular formula is C22H20ClN3O3S. The van der Waals surface area contributed by atoms with Crippen LogP contribution < -0.4 is 9.46 Å². The molecule has 0 amide bonds. The Hall–Kier alpha value is -2.87. The van der Waals surface area contributed by atoms with Crippen LogP contribution in [0.5, 0.6) is 5.75 Å². The van der Waals surface area contributed by atoms with E-state index in [1.807, 2.05) is 59.2 Å². The molecule has 30 heavy (non-hydrogen) atoms. The summed E-state index contributed by atoms with van der Waals surface area (Å²) < 4.78 is 35.1. The quantitative estimate of drug-likeness (QED) is 0.463. The Morgan fingerprint density at radius 2 is 1.77 bits per heavy atom. The van der Waals surface area contributed by atoms with Crippen LogP contribution in [0.15, 0.2) is 77.7 Å². The Bertz CT molecular complexity index is 1290. The van der Waals surface area contributed by atoms with Crippen LogP contribution >= 0.6 is 11.6 Å². The lowest BCUT2D eigenvalue weighted by Crippen LogP contribution is -2.27. The largest absolute Gasteiger partial charge is 0.495 e. The Balaban J connectivity index is 1.59. The summed E-state index contributed by atoms with van der Waals surface area (Å²) in [4.78, 5) is 4.83. The van der Waals surface area contributed by atoms with E-state index in [-0.39, 0.29) is 16.5 Å². The number of imidazole rings is 1. The molecule has 0 saturated heterocycles. The maximum Gasteiger partial charge on any atom is 0.240 e. The zero-order valence-electron chi connectivity index (χ0n) is 16.2. The van der Waals surface area contributed by atoms with E-state index in [1.54, 1.807) is 0 Å². The molecule has 0 saturated carbocycles. The molecule has 0 fully saturated rings. The standard InChI is InChI=1S/C22H20ClN3O3S/c1-29-21-12-11-17(15-18(21)23)30(27,28)24-13-14-26-20-10-6-5-9-19(20)25-22(26)16-7-3-2-4-8-16/h2-12,15,24H,13-14H2,1H3. The van der Waals surface area contributed by atoms with Crippen molar-refractivity contribution in [1.82, 2.24) is 14.3 Å². The Morgan fingerprint density at radius 1 is 1.03 bits per heavy atom. The normalized spacial score (nSPS) is 11.7. The number of aromatic nitrogens is 2. The van der Waals surface area contributed by atoms with E-state index in [0.29, 0.717) is 12.3 Å². The molecule has 0 aliphatic rings. The monoisotopic (exact) mass is 441 g/mol. The van der Waals surface area contributed by atoms with Crippen LogP contribution in [-0.2, 0) is 16.6 Å². The zero-order chi connectivity index (χ0) is 21.1. The van der Waals surface area contributed by atoms with Crippen LogP contribution in [0.3, 0.4) is 0 Å². The number of ether oxygens (including phenoxy) is 1. The summed E-state index contributed by atoms with van der Waals surface area (Å²) in [5.41, 5.74) is 2.78. The molecule has 0 aliphatic carbocycles. The molecule has 154 valence electrons. The van der Waals surface area contributed by atoms with E-state index < -0.39 is 10.0 Å². The van der Waals surface area contributed by atoms with E-state index in [9.17, 15) is 8.42 Å². The fourth-order valence-electron chi connectivity index (χ4n) is 3.30. The first-order valence-corrected chi connectivity index (χ1v) is 11.2. The van der Waals surface area contributed by atoms with Gasteiger partial charge in [-0.15, -0.1) is 0 Å². The Labute approximate surface area is 180 Å². The van der Waals surface area contributed by atoms with Crippen molar-refractivity contribution in [2.75, 3.05) is 13.7 Å². The number of rotatable bonds is 7. The number of hydrogen-bond donors (Lipinski definition) is 1. The molecule has 0 unspecified atom stereocenters. The summed E-state index contributed by atoms with van der Waals surface area (Å²) in [6.07, 6.45) is 0. The average Bonchev–Trinajstić information content (AvgIpc) is 3.13. The summed E-state index contributed by atoms with van der Waals surface area (Å²) >= 11 is 6.08. The highest BCUT2D eigenvalue weighted by molar-refractivity contribution is 7.89. The van der Waals surface area contributed by atoms with Crippen LogP contribution in [-0.4, -0.2) is 31.6 Å². The number of halogens is 1. The molecule has 1 heterocycles. The fraction of sp³-hybridized carbons (Fsp3) is 0.136. The van der Waals surface area contributed by atoms with Crippen LogP contribution in [0.25, 0.3) is 22.4 Å². The highest BCUT2D eigenvalue weighted by Gasteiger charge is 2.17. The van der Waals surface area contributed by atoms with Crippen molar-refractivity contribution >= 4 is 32.7 Å². The predicted octanol–water partition coefficient (Wildman–Crippen LogP) is 4.34. The third-order valence-electron chi connectivity index (χ3n) is 4.75. The van der Waals surface area contributed by atoms with Gasteiger partial charge in [0.25, 0.3) is 0 Å². The molecule has 0 aliphatic heterocycles. The third-order valence-corrected chi connectivity index (χ3v) is 6.50. The number of nitrogens with one attached hydrogen (secondary N) is 1. The smallest absolute Gasteiger partial charge is 0.240 e. The zero-order valence-corrected chi connectivity index (χ0v) is 17.8. The minimum absolute atomic E-state index is 0.0899. The van der Waals surface area contributed by atoms with Gasteiger partial charge < -0.3 is 9.30 Å². The summed E-state index contributed by atoms with van der Waals surface area (Å²) in [6.45, 7) is 0.625. The lowest BCUT2D eigenvalue weighted by molar-refractivity contribution is 0.414. The molecule has 3 aromatic carbocycles. The third kappa shape index (κ3) is 4.05. The molecule has 0 radical (unpaired) electrons. The minimum atomic E-state index is -3.72. The second-order valence-corrected chi connectivity index (χ2v) is 8.81. The first-order valence-electron chi connectivity index (χ1n) is 9.33. The van der Waals surface area contributed by atoms with E-state index >= 15 is 0 Å². The number of methoxy groups -OCH3 is 1. The molecular weight excluding hydrogens is 422 g/mol. The number of sulfonamides is 1. The number of nitrogens with zero attached hydrogens (tertiary/aromatic N) is 2. The van der Waals surface area contributed by atoms with Gasteiger partial charge in [0.15, 0.2) is 0 Å². The molecule has 0 atom stereocenters. The van der Waals surface area contributed by atoms with Crippen molar-refractivity contribution in [3.8, 4) is 17.1 Å². The summed E-state index contributed by atoms with van der Waals surface area (Å²) in [7, 11) is -2.24. The lowest BCUT2D eigenvalue weighted by atomic mass is 10.2. The maximum absolute atomic E-state index is 12.7. The van der Waals surface area contributed by atoms with Gasteiger partial charge in [0, 0.05) is 18.7 Å². The van der Waals surface area contributed by atoms with Crippen molar-refractivity contribution in [3.05, 3.63) is 77.8 Å². The highest BCUT2D eigenvalue weighted by atomic mass is 35.5. The number of hydrogen-bond acceptors (Lipinski definition) is 4. The minimum Gasteiger partial charge on any atom is -0.495 e. The molecule has 4 rings (SSSR count). The summed E-state index contributed by atoms with van der Waals surface area (Å²) in [5.74, 6) is 1.22. The summed E-state index contributed by atoms with van der Waals surface area (Å²) in [5, 5.41) is 0.243. The van der Waals surface area contributed by atoms with Gasteiger partial charge in [0.05, 0.1) is 28.1 Å². The number of para-hydroxylation sites is 2. The van der Waals surface area contributed by atoms with Gasteiger partial charge in [0.2, 0.25) is 10.0 Å². The Morgan fingerprint density at radius 3 is 2.50 bits per heavy atom. The van der Waals surface area contributed by atoms with Crippen molar-refractivity contribution in [3.63, 3.8) is 0 Å². The van der Waals surface area contributed by atoms with E-state index in [4.69, 9.17) is 21.3 Å². The molecule has 0 spiro atoms. The molecule has 1 N–H and O–H groups in total. The van der Waals surface area contributed by atoms with Gasteiger partial charge in [-0.3, -0.25) is 0 Å². The maximum atomic E-state index is 12.7. The molecule has 8 heteroatoms. The first-order chi connectivity index (χ1) is 14.5. The van der Waals surface area contributed by atoms with Gasteiger partial charge >= 0.3 is 0 Å². The Kier molecular flexibility index (Phi) is 5.76. The first kappa shape index (κ1) is 20.4. The SMILES string of the molecule is COc1ccc(S(=O)(=O)NCCn2c(-c3ccccc3)nc3ccccc32)cc1Cl. The van der Waals surface area contributed by atoms with E-state index in [2.05, 4.69) is 4.72 Å². The molecule has 1 aromatic heterocycles. The fourth-order valence-corrected chi connectivity index (χ4v) is 4.67. The van der Waals surface area contributed by atoms with Crippen LogP contribution in [0.1, 0.15) is 0 Å². The van der Waals surface area contributed by atoms with Crippen molar-refractivity contribution in [2.45, 2.75) is 11.4 Å². The molecule has 0 bridgehead atoms. The number of fused-ring (bicyclic) bond motifs is 1. The lowest BCUT2D eigenvalue weighted by Gasteiger charge is -2.12. The van der Waals surface area contributed by atoms with Gasteiger partial charge in [-0.05, 0) is 30.3 Å². The van der Waals surface area contributed by atoms with Crippen LogP contribution in [0.2, 0.25) is 5.02 Å². The number of benzene rings is 3. The van der Waals surface area contributed by atoms with Crippen molar-refractivity contribution in [1.29, 1.82) is 0 Å². The van der Waals surface area contributed by atoms with Gasteiger partial charge in [-0.1, -0.05) is 54.1 Å². The second-order valence-electron chi connectivity index (χ2n) is 6.64. The molecule has 6 nitrogen and oxygen atoms in total. The van der Waals surface area contributed by atoms with Crippen molar-refractivity contribution < 1.29 is 13.2 Å². The summed E-state index contributed by atoms with van der Waals surface area (Å²) in [6, 6.07) is 22.0. The van der Waals surface area contributed by atoms with Crippen molar-refractivity contribution in [2.24, 2.45) is 0 Å². The topological polar surface area (TPSA) is 73.2 Å².